The largest absolute Gasteiger partial charge is 0.465 e. The zero-order valence-corrected chi connectivity index (χ0v) is 5.95. The molecule has 1 saturated heterocycles. The summed E-state index contributed by atoms with van der Waals surface area (Å²) in [5.74, 6) is -0.477. The summed E-state index contributed by atoms with van der Waals surface area (Å²) in [6.07, 6.45) is -0.613. The van der Waals surface area contributed by atoms with Gasteiger partial charge in [0, 0.05) is 13.2 Å². The van der Waals surface area contributed by atoms with E-state index in [-0.39, 0.29) is 13.2 Å². The fraction of sp³-hybridized carbons (Fsp3) is 0.667. The number of carbonyl (C=O) groups excluding carboxylic acids is 1. The van der Waals surface area contributed by atoms with E-state index in [1.165, 1.54) is 0 Å². The lowest BCUT2D eigenvalue weighted by molar-refractivity contribution is -0.131. The van der Waals surface area contributed by atoms with E-state index in [0.717, 1.165) is 4.90 Å². The van der Waals surface area contributed by atoms with Gasteiger partial charge in [0.15, 0.2) is 0 Å². The quantitative estimate of drug-likeness (QED) is 0.536. The number of carboxylic acid groups (broad SMARTS) is 1. The van der Waals surface area contributed by atoms with E-state index >= 15 is 0 Å². The Hall–Kier alpha value is -1.10. The van der Waals surface area contributed by atoms with E-state index in [4.69, 9.17) is 9.84 Å². The van der Waals surface area contributed by atoms with Gasteiger partial charge in [0.05, 0.1) is 0 Å². The average Bonchev–Trinajstić information content (AvgIpc) is 2.13. The molecule has 62 valence electrons. The van der Waals surface area contributed by atoms with Gasteiger partial charge in [-0.2, -0.15) is 0 Å². The molecule has 11 heavy (non-hydrogen) atoms. The summed E-state index contributed by atoms with van der Waals surface area (Å²) in [5, 5.41) is 8.48. The normalized spacial score (nSPS) is 19.6. The van der Waals surface area contributed by atoms with E-state index in [1.807, 2.05) is 0 Å². The van der Waals surface area contributed by atoms with Crippen molar-refractivity contribution in [3.05, 3.63) is 0 Å². The first kappa shape index (κ1) is 8.00. The van der Waals surface area contributed by atoms with E-state index in [0.29, 0.717) is 13.0 Å². The van der Waals surface area contributed by atoms with Gasteiger partial charge in [0.1, 0.15) is 6.61 Å². The molecule has 1 heterocycles. The number of amides is 2. The Morgan fingerprint density at radius 1 is 1.64 bits per heavy atom. The fourth-order valence-electron chi connectivity index (χ4n) is 0.889. The topological polar surface area (TPSA) is 66.8 Å². The number of rotatable bonds is 0. The molecule has 1 fully saturated rings. The molecule has 0 unspecified atom stereocenters. The second-order valence-corrected chi connectivity index (χ2v) is 2.23. The predicted molar refractivity (Wildman–Crippen MR) is 35.2 cm³/mol. The summed E-state index contributed by atoms with van der Waals surface area (Å²) in [5.41, 5.74) is 0. The third kappa shape index (κ3) is 1.91. The van der Waals surface area contributed by atoms with Crippen molar-refractivity contribution in [3.63, 3.8) is 0 Å². The van der Waals surface area contributed by atoms with Gasteiger partial charge in [-0.1, -0.05) is 0 Å². The summed E-state index contributed by atoms with van der Waals surface area (Å²) in [6, 6.07) is 0. The number of imide groups is 1. The van der Waals surface area contributed by atoms with Crippen molar-refractivity contribution in [1.29, 1.82) is 0 Å². The van der Waals surface area contributed by atoms with Crippen LogP contribution in [0.25, 0.3) is 0 Å². The fourth-order valence-corrected chi connectivity index (χ4v) is 0.889. The molecule has 2 amide bonds. The van der Waals surface area contributed by atoms with Gasteiger partial charge in [0.2, 0.25) is 0 Å². The maximum Gasteiger partial charge on any atom is 0.414 e. The second kappa shape index (κ2) is 3.34. The van der Waals surface area contributed by atoms with Gasteiger partial charge in [-0.15, -0.1) is 0 Å². The summed E-state index contributed by atoms with van der Waals surface area (Å²) < 4.78 is 4.83. The molecule has 1 rings (SSSR count). The first-order valence-corrected chi connectivity index (χ1v) is 3.33. The molecule has 0 spiro atoms. The number of hydrogen-bond donors (Lipinski definition) is 1. The van der Waals surface area contributed by atoms with Crippen LogP contribution in [0.4, 0.5) is 4.79 Å². The average molecular weight is 159 g/mol. The van der Waals surface area contributed by atoms with Crippen LogP contribution >= 0.6 is 0 Å². The minimum atomic E-state index is -1.19. The Morgan fingerprint density at radius 3 is 3.00 bits per heavy atom. The highest BCUT2D eigenvalue weighted by molar-refractivity contribution is 5.91. The van der Waals surface area contributed by atoms with Crippen molar-refractivity contribution in [1.82, 2.24) is 4.90 Å². The van der Waals surface area contributed by atoms with E-state index in [1.54, 1.807) is 0 Å². The Balaban J connectivity index is 2.59. The Kier molecular flexibility index (Phi) is 2.43. The zero-order valence-electron chi connectivity index (χ0n) is 5.95. The molecule has 0 atom stereocenters. The van der Waals surface area contributed by atoms with Gasteiger partial charge in [-0.3, -0.25) is 4.79 Å². The summed E-state index contributed by atoms with van der Waals surface area (Å²) in [7, 11) is 0. The lowest BCUT2D eigenvalue weighted by atomic mass is 10.4. The Morgan fingerprint density at radius 2 is 2.36 bits per heavy atom. The monoisotopic (exact) mass is 159 g/mol. The minimum Gasteiger partial charge on any atom is -0.465 e. The molecule has 1 aliphatic rings. The molecular formula is C6H9NO4. The minimum absolute atomic E-state index is 0.119. The maximum absolute atomic E-state index is 10.9. The predicted octanol–water partition coefficient (Wildman–Crippen LogP) is -0.0867. The third-order valence-corrected chi connectivity index (χ3v) is 1.43. The molecule has 5 nitrogen and oxygen atoms in total. The number of carbonyl (C=O) groups is 2. The molecule has 1 N–H and O–H groups in total. The van der Waals surface area contributed by atoms with Gasteiger partial charge < -0.3 is 9.84 Å². The van der Waals surface area contributed by atoms with E-state index in [2.05, 4.69) is 0 Å². The number of nitrogens with zero attached hydrogens (tertiary/aromatic N) is 1. The zero-order chi connectivity index (χ0) is 8.27. The highest BCUT2D eigenvalue weighted by Crippen LogP contribution is 2.00. The summed E-state index contributed by atoms with van der Waals surface area (Å²) in [6.45, 7) is 0.579. The van der Waals surface area contributed by atoms with Crippen LogP contribution < -0.4 is 0 Å². The standard InChI is InChI=1S/C6H9NO4/c8-5-4-11-3-1-2-7(5)6(9)10/h1-4H2,(H,9,10). The van der Waals surface area contributed by atoms with Crippen LogP contribution in [-0.2, 0) is 9.53 Å². The van der Waals surface area contributed by atoms with Gasteiger partial charge in [-0.05, 0) is 6.42 Å². The van der Waals surface area contributed by atoms with Crippen LogP contribution in [0.15, 0.2) is 0 Å². The Bertz CT molecular complexity index is 179. The second-order valence-electron chi connectivity index (χ2n) is 2.23. The molecule has 0 saturated carbocycles. The van der Waals surface area contributed by atoms with Gasteiger partial charge in [-0.25, -0.2) is 9.69 Å². The summed E-state index contributed by atoms with van der Waals surface area (Å²) >= 11 is 0. The molecule has 0 aromatic carbocycles. The third-order valence-electron chi connectivity index (χ3n) is 1.43. The lowest BCUT2D eigenvalue weighted by Gasteiger charge is -2.11. The molecular weight excluding hydrogens is 150 g/mol. The molecule has 5 heteroatoms. The van der Waals surface area contributed by atoms with Crippen molar-refractivity contribution < 1.29 is 19.4 Å². The SMILES string of the molecule is O=C(O)N1CCCOCC1=O. The number of ether oxygens (including phenoxy) is 1. The molecule has 0 radical (unpaired) electrons. The van der Waals surface area contributed by atoms with Crippen molar-refractivity contribution in [3.8, 4) is 0 Å². The van der Waals surface area contributed by atoms with Crippen LogP contribution in [0, 0.1) is 0 Å². The van der Waals surface area contributed by atoms with Gasteiger partial charge in [0.25, 0.3) is 5.91 Å². The molecule has 0 aromatic heterocycles. The highest BCUT2D eigenvalue weighted by Gasteiger charge is 2.22. The maximum atomic E-state index is 10.9. The van der Waals surface area contributed by atoms with Crippen molar-refractivity contribution in [2.75, 3.05) is 19.8 Å². The van der Waals surface area contributed by atoms with E-state index < -0.39 is 12.0 Å². The van der Waals surface area contributed by atoms with Crippen LogP contribution in [0.5, 0.6) is 0 Å². The van der Waals surface area contributed by atoms with E-state index in [9.17, 15) is 9.59 Å². The molecule has 0 aromatic rings. The Labute approximate surface area is 63.5 Å². The first-order valence-electron chi connectivity index (χ1n) is 3.33. The van der Waals surface area contributed by atoms with Crippen molar-refractivity contribution in [2.45, 2.75) is 6.42 Å². The van der Waals surface area contributed by atoms with Crippen LogP contribution in [-0.4, -0.2) is 41.8 Å². The van der Waals surface area contributed by atoms with Crippen molar-refractivity contribution in [2.24, 2.45) is 0 Å². The lowest BCUT2D eigenvalue weighted by Crippen LogP contribution is -2.36. The summed E-state index contributed by atoms with van der Waals surface area (Å²) in [4.78, 5) is 22.0. The molecule has 0 aliphatic carbocycles. The molecule has 0 bridgehead atoms. The van der Waals surface area contributed by atoms with Gasteiger partial charge >= 0.3 is 6.09 Å². The van der Waals surface area contributed by atoms with Crippen molar-refractivity contribution >= 4 is 12.0 Å². The smallest absolute Gasteiger partial charge is 0.414 e. The van der Waals surface area contributed by atoms with Crippen LogP contribution in [0.2, 0.25) is 0 Å². The van der Waals surface area contributed by atoms with Crippen LogP contribution in [0.1, 0.15) is 6.42 Å². The highest BCUT2D eigenvalue weighted by atomic mass is 16.5. The van der Waals surface area contributed by atoms with Crippen LogP contribution in [0.3, 0.4) is 0 Å². The first-order chi connectivity index (χ1) is 5.22. The molecule has 1 aliphatic heterocycles. The number of hydrogen-bond acceptors (Lipinski definition) is 3.